The van der Waals surface area contributed by atoms with Gasteiger partial charge >= 0.3 is 6.09 Å². The van der Waals surface area contributed by atoms with Crippen LogP contribution >= 0.6 is 0 Å². The van der Waals surface area contributed by atoms with Crippen molar-refractivity contribution in [1.29, 1.82) is 0 Å². The molecule has 1 atom stereocenters. The van der Waals surface area contributed by atoms with Gasteiger partial charge in [-0.25, -0.2) is 4.79 Å². The van der Waals surface area contributed by atoms with Crippen LogP contribution in [0.5, 0.6) is 0 Å². The van der Waals surface area contributed by atoms with Crippen molar-refractivity contribution in [2.75, 3.05) is 6.54 Å². The maximum Gasteiger partial charge on any atom is 0.410 e. The molecule has 0 radical (unpaired) electrons. The van der Waals surface area contributed by atoms with Crippen molar-refractivity contribution < 1.29 is 9.53 Å². The second-order valence-corrected chi connectivity index (χ2v) is 6.15. The number of hydrogen-bond acceptors (Lipinski definition) is 3. The summed E-state index contributed by atoms with van der Waals surface area (Å²) in [6, 6.07) is 7.83. The van der Waals surface area contributed by atoms with Crippen molar-refractivity contribution in [2.45, 2.75) is 45.4 Å². The molecule has 1 aromatic rings. The van der Waals surface area contributed by atoms with Gasteiger partial charge in [-0.2, -0.15) is 0 Å². The smallest absolute Gasteiger partial charge is 0.410 e. The zero-order valence-corrected chi connectivity index (χ0v) is 12.6. The van der Waals surface area contributed by atoms with E-state index in [9.17, 15) is 4.79 Å². The topological polar surface area (TPSA) is 78.3 Å². The van der Waals surface area contributed by atoms with E-state index in [2.05, 4.69) is 10.0 Å². The molecule has 1 aromatic carbocycles. The Balaban J connectivity index is 2.23. The van der Waals surface area contributed by atoms with E-state index in [-0.39, 0.29) is 18.7 Å². The van der Waals surface area contributed by atoms with E-state index in [0.717, 1.165) is 5.56 Å². The Labute approximate surface area is 124 Å². The van der Waals surface area contributed by atoms with Crippen LogP contribution in [0.1, 0.15) is 31.9 Å². The molecule has 1 amide bonds. The fourth-order valence-corrected chi connectivity index (χ4v) is 2.42. The summed E-state index contributed by atoms with van der Waals surface area (Å²) >= 11 is 0. The van der Waals surface area contributed by atoms with Crippen molar-refractivity contribution in [2.24, 2.45) is 5.11 Å². The normalized spacial score (nSPS) is 17.7. The van der Waals surface area contributed by atoms with Crippen LogP contribution in [0, 0.1) is 0 Å². The van der Waals surface area contributed by atoms with E-state index in [0.29, 0.717) is 13.0 Å². The standard InChI is InChI=1S/C15H20N4O2/c1-15(2,3)21-14(20)19-10-12-7-5-4-6-11(12)8-13(19)9-17-18-16/h4-7,13H,8-10H2,1-3H3. The van der Waals surface area contributed by atoms with E-state index < -0.39 is 5.60 Å². The highest BCUT2D eigenvalue weighted by Crippen LogP contribution is 2.25. The Morgan fingerprint density at radius 3 is 2.71 bits per heavy atom. The summed E-state index contributed by atoms with van der Waals surface area (Å²) in [7, 11) is 0. The Morgan fingerprint density at radius 2 is 2.10 bits per heavy atom. The molecule has 112 valence electrons. The van der Waals surface area contributed by atoms with E-state index in [1.54, 1.807) is 4.90 Å². The zero-order valence-electron chi connectivity index (χ0n) is 12.6. The van der Waals surface area contributed by atoms with Gasteiger partial charge in [0.05, 0.1) is 0 Å². The molecule has 1 unspecified atom stereocenters. The molecule has 0 saturated carbocycles. The van der Waals surface area contributed by atoms with Crippen LogP contribution in [0.4, 0.5) is 4.79 Å². The van der Waals surface area contributed by atoms with Gasteiger partial charge in [-0.3, -0.25) is 0 Å². The minimum atomic E-state index is -0.545. The second-order valence-electron chi connectivity index (χ2n) is 6.15. The van der Waals surface area contributed by atoms with Crippen LogP contribution in [0.3, 0.4) is 0 Å². The first-order valence-electron chi connectivity index (χ1n) is 6.98. The molecule has 0 saturated heterocycles. The fourth-order valence-electron chi connectivity index (χ4n) is 2.42. The number of ether oxygens (including phenoxy) is 1. The van der Waals surface area contributed by atoms with E-state index >= 15 is 0 Å². The number of hydrogen-bond donors (Lipinski definition) is 0. The van der Waals surface area contributed by atoms with Crippen LogP contribution < -0.4 is 0 Å². The number of nitrogens with zero attached hydrogens (tertiary/aromatic N) is 4. The van der Waals surface area contributed by atoms with E-state index in [4.69, 9.17) is 10.3 Å². The van der Waals surface area contributed by atoms with Gasteiger partial charge in [0.25, 0.3) is 0 Å². The molecule has 0 bridgehead atoms. The summed E-state index contributed by atoms with van der Waals surface area (Å²) in [6.07, 6.45) is 0.309. The van der Waals surface area contributed by atoms with Gasteiger partial charge in [0.15, 0.2) is 0 Å². The molecule has 6 heteroatoms. The summed E-state index contributed by atoms with van der Waals surface area (Å²) in [5.74, 6) is 0. The highest BCUT2D eigenvalue weighted by atomic mass is 16.6. The predicted octanol–water partition coefficient (Wildman–Crippen LogP) is 3.66. The van der Waals surface area contributed by atoms with Gasteiger partial charge in [0.2, 0.25) is 0 Å². The van der Waals surface area contributed by atoms with Crippen LogP contribution in [0.2, 0.25) is 0 Å². The maximum atomic E-state index is 12.4. The minimum Gasteiger partial charge on any atom is -0.444 e. The lowest BCUT2D eigenvalue weighted by Crippen LogP contribution is -2.47. The predicted molar refractivity (Wildman–Crippen MR) is 79.7 cm³/mol. The molecule has 1 aliphatic heterocycles. The number of azide groups is 1. The Morgan fingerprint density at radius 1 is 1.43 bits per heavy atom. The van der Waals surface area contributed by atoms with Crippen LogP contribution in [0.15, 0.2) is 29.4 Å². The van der Waals surface area contributed by atoms with Gasteiger partial charge in [-0.15, -0.1) is 0 Å². The van der Waals surface area contributed by atoms with Crippen LogP contribution in [-0.2, 0) is 17.7 Å². The van der Waals surface area contributed by atoms with Crippen molar-refractivity contribution in [3.05, 3.63) is 45.8 Å². The van der Waals surface area contributed by atoms with Gasteiger partial charge in [0.1, 0.15) is 5.60 Å². The average Bonchev–Trinajstić information content (AvgIpc) is 2.42. The Kier molecular flexibility index (Phi) is 4.38. The second kappa shape index (κ2) is 6.06. The number of carbonyl (C=O) groups is 1. The summed E-state index contributed by atoms with van der Waals surface area (Å²) in [5.41, 5.74) is 10.3. The van der Waals surface area contributed by atoms with Crippen LogP contribution in [0.25, 0.3) is 10.4 Å². The molecular formula is C15H20N4O2. The first-order chi connectivity index (χ1) is 9.90. The lowest BCUT2D eigenvalue weighted by molar-refractivity contribution is 0.0128. The van der Waals surface area contributed by atoms with Gasteiger partial charge in [-0.1, -0.05) is 29.4 Å². The molecule has 0 aromatic heterocycles. The third-order valence-electron chi connectivity index (χ3n) is 3.34. The largest absolute Gasteiger partial charge is 0.444 e. The third kappa shape index (κ3) is 3.89. The highest BCUT2D eigenvalue weighted by Gasteiger charge is 2.32. The van der Waals surface area contributed by atoms with Gasteiger partial charge in [0, 0.05) is 24.0 Å². The SMILES string of the molecule is CC(C)(C)OC(=O)N1Cc2ccccc2CC1CN=[N+]=[N-]. The first-order valence-corrected chi connectivity index (χ1v) is 6.98. The maximum absolute atomic E-state index is 12.4. The molecule has 21 heavy (non-hydrogen) atoms. The lowest BCUT2D eigenvalue weighted by atomic mass is 9.94. The monoisotopic (exact) mass is 288 g/mol. The molecule has 0 fully saturated rings. The molecule has 1 aliphatic rings. The Hall–Kier alpha value is -2.20. The van der Waals surface area contributed by atoms with Crippen molar-refractivity contribution >= 4 is 6.09 Å². The van der Waals surface area contributed by atoms with Crippen molar-refractivity contribution in [1.82, 2.24) is 4.90 Å². The van der Waals surface area contributed by atoms with Crippen molar-refractivity contribution in [3.8, 4) is 0 Å². The summed E-state index contributed by atoms with van der Waals surface area (Å²) in [4.78, 5) is 16.8. The molecule has 0 N–H and O–H groups in total. The quantitative estimate of drug-likeness (QED) is 0.473. The molecule has 2 rings (SSSR count). The number of carbonyl (C=O) groups excluding carboxylic acids is 1. The summed E-state index contributed by atoms with van der Waals surface area (Å²) in [6.45, 7) is 6.25. The third-order valence-corrected chi connectivity index (χ3v) is 3.34. The lowest BCUT2D eigenvalue weighted by Gasteiger charge is -2.37. The number of fused-ring (bicyclic) bond motifs is 1. The van der Waals surface area contributed by atoms with Gasteiger partial charge in [-0.05, 0) is 43.9 Å². The molecule has 6 nitrogen and oxygen atoms in total. The van der Waals surface area contributed by atoms with Crippen LogP contribution in [-0.4, -0.2) is 29.2 Å². The zero-order chi connectivity index (χ0) is 15.5. The first kappa shape index (κ1) is 15.2. The van der Waals surface area contributed by atoms with E-state index in [1.807, 2.05) is 45.0 Å². The highest BCUT2D eigenvalue weighted by molar-refractivity contribution is 5.69. The van der Waals surface area contributed by atoms with E-state index in [1.165, 1.54) is 5.56 Å². The Bertz CT molecular complexity index is 573. The number of amides is 1. The molecule has 0 spiro atoms. The minimum absolute atomic E-state index is 0.161. The number of rotatable bonds is 2. The molecule has 1 heterocycles. The number of benzene rings is 1. The molecular weight excluding hydrogens is 268 g/mol. The summed E-state index contributed by atoms with van der Waals surface area (Å²) < 4.78 is 5.45. The average molecular weight is 288 g/mol. The fraction of sp³-hybridized carbons (Fsp3) is 0.533. The van der Waals surface area contributed by atoms with Crippen molar-refractivity contribution in [3.63, 3.8) is 0 Å². The summed E-state index contributed by atoms with van der Waals surface area (Å²) in [5, 5.41) is 3.63. The van der Waals surface area contributed by atoms with Gasteiger partial charge < -0.3 is 9.64 Å². The molecule has 0 aliphatic carbocycles.